The van der Waals surface area contributed by atoms with Gasteiger partial charge in [-0.1, -0.05) is 21.1 Å². The Labute approximate surface area is 150 Å². The standard InChI is InChI=1S/C16H21ClN4O2S/c1-10(20-24(22)15(2,3)4)13-7-12(17)6-11-8-16(5,9-19-21-18)23-14(11)13/h6-7H,8-9H2,1-5H3. The van der Waals surface area contributed by atoms with Gasteiger partial charge < -0.3 is 9.29 Å². The third kappa shape index (κ3) is 4.16. The molecule has 0 spiro atoms. The molecule has 0 N–H and O–H groups in total. The van der Waals surface area contributed by atoms with Crippen LogP contribution in [0.2, 0.25) is 5.02 Å². The summed E-state index contributed by atoms with van der Waals surface area (Å²) in [5, 5.41) is 4.20. The number of fused-ring (bicyclic) bond motifs is 1. The Morgan fingerprint density at radius 3 is 2.75 bits per heavy atom. The van der Waals surface area contributed by atoms with Crippen molar-refractivity contribution in [3.05, 3.63) is 38.7 Å². The zero-order valence-electron chi connectivity index (χ0n) is 14.5. The Kier molecular flexibility index (Phi) is 5.40. The molecule has 1 aromatic rings. The van der Waals surface area contributed by atoms with Crippen LogP contribution in [0, 0.1) is 0 Å². The summed E-state index contributed by atoms with van der Waals surface area (Å²) in [7, 11) is 0. The third-order valence-electron chi connectivity index (χ3n) is 3.65. The highest BCUT2D eigenvalue weighted by Gasteiger charge is 2.37. The summed E-state index contributed by atoms with van der Waals surface area (Å²) in [6.07, 6.45) is 0.588. The number of hydrogen-bond donors (Lipinski definition) is 0. The van der Waals surface area contributed by atoms with Crippen molar-refractivity contribution >= 4 is 28.7 Å². The molecule has 0 aliphatic carbocycles. The molecule has 2 unspecified atom stereocenters. The van der Waals surface area contributed by atoms with E-state index in [0.717, 1.165) is 11.1 Å². The van der Waals surface area contributed by atoms with Crippen molar-refractivity contribution in [2.45, 2.75) is 51.4 Å². The van der Waals surface area contributed by atoms with Gasteiger partial charge >= 0.3 is 0 Å². The summed E-state index contributed by atoms with van der Waals surface area (Å²) in [6, 6.07) is 3.61. The minimum absolute atomic E-state index is 0.222. The topological polar surface area (TPSA) is 93.4 Å². The normalized spacial score (nSPS) is 21.7. The maximum absolute atomic E-state index is 12.3. The molecule has 0 bridgehead atoms. The van der Waals surface area contributed by atoms with Gasteiger partial charge in [0.05, 0.1) is 12.3 Å². The molecule has 24 heavy (non-hydrogen) atoms. The first-order valence-corrected chi connectivity index (χ1v) is 9.04. The van der Waals surface area contributed by atoms with Crippen LogP contribution >= 0.6 is 11.6 Å². The van der Waals surface area contributed by atoms with Crippen LogP contribution in [0.25, 0.3) is 10.4 Å². The maximum atomic E-state index is 12.3. The molecule has 1 heterocycles. The van der Waals surface area contributed by atoms with Crippen molar-refractivity contribution in [1.82, 2.24) is 0 Å². The molecule has 1 aliphatic rings. The fourth-order valence-corrected chi connectivity index (χ4v) is 3.30. The van der Waals surface area contributed by atoms with Gasteiger partial charge in [-0.15, -0.1) is 0 Å². The van der Waals surface area contributed by atoms with Crippen LogP contribution in [0.3, 0.4) is 0 Å². The molecule has 1 aromatic carbocycles. The molecule has 0 radical (unpaired) electrons. The van der Waals surface area contributed by atoms with E-state index in [-0.39, 0.29) is 6.54 Å². The molecule has 8 heteroatoms. The molecule has 2 rings (SSSR count). The molecule has 0 fully saturated rings. The molecule has 0 saturated carbocycles. The van der Waals surface area contributed by atoms with Crippen LogP contribution < -0.4 is 4.74 Å². The molecular weight excluding hydrogens is 348 g/mol. The number of ether oxygens (including phenoxy) is 1. The summed E-state index contributed by atoms with van der Waals surface area (Å²) in [6.45, 7) is 9.52. The van der Waals surface area contributed by atoms with E-state index in [1.807, 2.05) is 33.8 Å². The smallest absolute Gasteiger partial charge is 0.144 e. The van der Waals surface area contributed by atoms with Crippen LogP contribution in [-0.4, -0.2) is 27.2 Å². The SMILES string of the molecule is CC(=N[S+]([O-])C(C)(C)C)c1cc(Cl)cc2c1OC(C)(CN=[N+]=[N-])C2. The summed E-state index contributed by atoms with van der Waals surface area (Å²) in [5.41, 5.74) is 10.2. The quantitative estimate of drug-likeness (QED) is 0.255. The van der Waals surface area contributed by atoms with E-state index in [1.165, 1.54) is 0 Å². The van der Waals surface area contributed by atoms with E-state index in [1.54, 1.807) is 13.0 Å². The minimum Gasteiger partial charge on any atom is -0.591 e. The summed E-state index contributed by atoms with van der Waals surface area (Å²) < 4.78 is 22.2. The maximum Gasteiger partial charge on any atom is 0.144 e. The van der Waals surface area contributed by atoms with E-state index < -0.39 is 21.7 Å². The number of benzene rings is 1. The van der Waals surface area contributed by atoms with Gasteiger partial charge in [0.15, 0.2) is 0 Å². The number of rotatable bonds is 4. The van der Waals surface area contributed by atoms with Crippen molar-refractivity contribution < 1.29 is 9.29 Å². The van der Waals surface area contributed by atoms with Crippen molar-refractivity contribution in [3.63, 3.8) is 0 Å². The number of halogens is 1. The minimum atomic E-state index is -1.37. The lowest BCUT2D eigenvalue weighted by Gasteiger charge is -2.22. The lowest BCUT2D eigenvalue weighted by Crippen LogP contribution is -2.33. The predicted molar refractivity (Wildman–Crippen MR) is 98.3 cm³/mol. The Morgan fingerprint density at radius 2 is 2.17 bits per heavy atom. The molecule has 0 aromatic heterocycles. The van der Waals surface area contributed by atoms with Gasteiger partial charge in [-0.2, -0.15) is 0 Å². The second kappa shape index (κ2) is 6.84. The number of nitrogens with zero attached hydrogens (tertiary/aromatic N) is 4. The fourth-order valence-electron chi connectivity index (χ4n) is 2.44. The second-order valence-electron chi connectivity index (χ2n) is 7.10. The molecule has 2 atom stereocenters. The van der Waals surface area contributed by atoms with Crippen molar-refractivity contribution in [2.75, 3.05) is 6.54 Å². The Hall–Kier alpha value is -1.40. The van der Waals surface area contributed by atoms with E-state index >= 15 is 0 Å². The monoisotopic (exact) mass is 368 g/mol. The Bertz CT molecular complexity index is 726. The van der Waals surface area contributed by atoms with Gasteiger partial charge in [0.1, 0.15) is 27.5 Å². The highest BCUT2D eigenvalue weighted by Crippen LogP contribution is 2.40. The van der Waals surface area contributed by atoms with E-state index in [4.69, 9.17) is 21.9 Å². The molecule has 6 nitrogen and oxygen atoms in total. The zero-order chi connectivity index (χ0) is 18.1. The highest BCUT2D eigenvalue weighted by atomic mass is 35.5. The van der Waals surface area contributed by atoms with Crippen LogP contribution in [0.1, 0.15) is 45.7 Å². The van der Waals surface area contributed by atoms with Crippen molar-refractivity contribution in [3.8, 4) is 5.75 Å². The number of hydrogen-bond acceptors (Lipinski definition) is 4. The van der Waals surface area contributed by atoms with E-state index in [2.05, 4.69) is 14.4 Å². The lowest BCUT2D eigenvalue weighted by atomic mass is 9.98. The van der Waals surface area contributed by atoms with E-state index in [0.29, 0.717) is 22.9 Å². The summed E-state index contributed by atoms with van der Waals surface area (Å²) in [4.78, 5) is 2.80. The Morgan fingerprint density at radius 1 is 1.50 bits per heavy atom. The molecule has 130 valence electrons. The zero-order valence-corrected chi connectivity index (χ0v) is 16.0. The van der Waals surface area contributed by atoms with Crippen LogP contribution in [0.4, 0.5) is 0 Å². The third-order valence-corrected chi connectivity index (χ3v) is 5.35. The van der Waals surface area contributed by atoms with Crippen molar-refractivity contribution in [1.29, 1.82) is 0 Å². The molecular formula is C16H21ClN4O2S. The largest absolute Gasteiger partial charge is 0.591 e. The van der Waals surface area contributed by atoms with Crippen LogP contribution in [0.5, 0.6) is 5.75 Å². The van der Waals surface area contributed by atoms with Crippen LogP contribution in [-0.2, 0) is 17.8 Å². The van der Waals surface area contributed by atoms with Gasteiger partial charge in [-0.25, -0.2) is 0 Å². The predicted octanol–water partition coefficient (Wildman–Crippen LogP) is 4.62. The van der Waals surface area contributed by atoms with Crippen molar-refractivity contribution in [2.24, 2.45) is 9.51 Å². The van der Waals surface area contributed by atoms with Gasteiger partial charge in [-0.05, 0) is 52.3 Å². The number of azide groups is 1. The first-order valence-electron chi connectivity index (χ1n) is 7.56. The Balaban J connectivity index is 2.42. The van der Waals surface area contributed by atoms with Gasteiger partial charge in [0, 0.05) is 27.5 Å². The van der Waals surface area contributed by atoms with Crippen LogP contribution in [0.15, 0.2) is 21.6 Å². The second-order valence-corrected chi connectivity index (χ2v) is 9.44. The summed E-state index contributed by atoms with van der Waals surface area (Å²) >= 11 is 4.86. The summed E-state index contributed by atoms with van der Waals surface area (Å²) in [5.74, 6) is 0.669. The first-order chi connectivity index (χ1) is 11.1. The highest BCUT2D eigenvalue weighted by molar-refractivity contribution is 7.91. The fraction of sp³-hybridized carbons (Fsp3) is 0.562. The van der Waals surface area contributed by atoms with Gasteiger partial charge in [0.2, 0.25) is 0 Å². The molecule has 1 aliphatic heterocycles. The van der Waals surface area contributed by atoms with Gasteiger partial charge in [0.25, 0.3) is 0 Å². The average molecular weight is 369 g/mol. The molecule has 0 amide bonds. The average Bonchev–Trinajstić information content (AvgIpc) is 2.79. The van der Waals surface area contributed by atoms with Gasteiger partial charge in [-0.3, -0.25) is 0 Å². The lowest BCUT2D eigenvalue weighted by molar-refractivity contribution is 0.125. The first kappa shape index (κ1) is 18.9. The molecule has 0 saturated heterocycles. The van der Waals surface area contributed by atoms with E-state index in [9.17, 15) is 4.55 Å².